The first kappa shape index (κ1) is 14.7. The number of nitrogens with one attached hydrogen (secondary N) is 1. The van der Waals surface area contributed by atoms with E-state index in [0.29, 0.717) is 5.92 Å². The molecule has 1 aromatic heterocycles. The predicted octanol–water partition coefficient (Wildman–Crippen LogP) is 3.34. The van der Waals surface area contributed by atoms with Crippen LogP contribution < -0.4 is 5.32 Å². The third kappa shape index (κ3) is 3.70. The minimum Gasteiger partial charge on any atom is -0.314 e. The smallest absolute Gasteiger partial charge is 0.123 e. The molecule has 3 nitrogen and oxygen atoms in total. The molecule has 2 aromatic rings. The van der Waals surface area contributed by atoms with Crippen molar-refractivity contribution in [2.45, 2.75) is 26.3 Å². The van der Waals surface area contributed by atoms with Crippen LogP contribution in [0.2, 0.25) is 0 Å². The van der Waals surface area contributed by atoms with Crippen molar-refractivity contribution < 1.29 is 0 Å². The Hall–Kier alpha value is -1.23. The van der Waals surface area contributed by atoms with Gasteiger partial charge in [-0.05, 0) is 11.5 Å². The van der Waals surface area contributed by atoms with Crippen LogP contribution in [-0.2, 0) is 6.54 Å². The molecular formula is C17H23N3S. The quantitative estimate of drug-likeness (QED) is 0.939. The van der Waals surface area contributed by atoms with Crippen LogP contribution in [0.3, 0.4) is 0 Å². The van der Waals surface area contributed by atoms with Crippen molar-refractivity contribution in [3.05, 3.63) is 40.9 Å². The van der Waals surface area contributed by atoms with E-state index >= 15 is 0 Å². The van der Waals surface area contributed by atoms with Crippen molar-refractivity contribution >= 4 is 11.3 Å². The average molecular weight is 301 g/mol. The molecule has 1 fully saturated rings. The molecular weight excluding hydrogens is 278 g/mol. The molecule has 21 heavy (non-hydrogen) atoms. The molecule has 1 aliphatic rings. The van der Waals surface area contributed by atoms with Gasteiger partial charge in [0.05, 0.1) is 0 Å². The van der Waals surface area contributed by atoms with E-state index in [-0.39, 0.29) is 0 Å². The summed E-state index contributed by atoms with van der Waals surface area (Å²) in [7, 11) is 0. The third-order valence-corrected chi connectivity index (χ3v) is 5.00. The molecule has 0 aliphatic carbocycles. The standard InChI is InChI=1S/C17H23N3S/c1-13(2)14-3-5-15(6-4-14)17-19-11-16(21-17)12-20-9-7-18-8-10-20/h3-6,11,13,18H,7-10,12H2,1-2H3. The van der Waals surface area contributed by atoms with Gasteiger partial charge in [-0.1, -0.05) is 38.1 Å². The van der Waals surface area contributed by atoms with E-state index < -0.39 is 0 Å². The molecule has 0 spiro atoms. The van der Waals surface area contributed by atoms with Crippen LogP contribution in [0.25, 0.3) is 10.6 Å². The zero-order valence-corrected chi connectivity index (χ0v) is 13.6. The second-order valence-electron chi connectivity index (χ2n) is 5.93. The first-order valence-corrected chi connectivity index (χ1v) is 8.52. The molecule has 0 unspecified atom stereocenters. The predicted molar refractivity (Wildman–Crippen MR) is 89.8 cm³/mol. The maximum absolute atomic E-state index is 4.60. The normalized spacial score (nSPS) is 16.5. The monoisotopic (exact) mass is 301 g/mol. The Bertz CT molecular complexity index is 568. The Morgan fingerprint density at radius 3 is 2.57 bits per heavy atom. The van der Waals surface area contributed by atoms with Crippen molar-refractivity contribution in [2.24, 2.45) is 0 Å². The second-order valence-corrected chi connectivity index (χ2v) is 7.05. The second kappa shape index (κ2) is 6.69. The molecule has 3 rings (SSSR count). The molecule has 0 radical (unpaired) electrons. The molecule has 1 aliphatic heterocycles. The van der Waals surface area contributed by atoms with E-state index in [9.17, 15) is 0 Å². The van der Waals surface area contributed by atoms with E-state index in [1.165, 1.54) is 16.0 Å². The fraction of sp³-hybridized carbons (Fsp3) is 0.471. The third-order valence-electron chi connectivity index (χ3n) is 3.97. The van der Waals surface area contributed by atoms with Gasteiger partial charge in [-0.25, -0.2) is 4.98 Å². The summed E-state index contributed by atoms with van der Waals surface area (Å²) in [6.45, 7) is 9.95. The van der Waals surface area contributed by atoms with Gasteiger partial charge in [0, 0.05) is 49.4 Å². The highest BCUT2D eigenvalue weighted by Crippen LogP contribution is 2.27. The van der Waals surface area contributed by atoms with Crippen molar-refractivity contribution in [3.63, 3.8) is 0 Å². The maximum atomic E-state index is 4.60. The number of rotatable bonds is 4. The summed E-state index contributed by atoms with van der Waals surface area (Å²) in [5, 5.41) is 4.53. The lowest BCUT2D eigenvalue weighted by Gasteiger charge is -2.26. The van der Waals surface area contributed by atoms with Gasteiger partial charge in [-0.3, -0.25) is 4.90 Å². The Balaban J connectivity index is 1.69. The van der Waals surface area contributed by atoms with Gasteiger partial charge >= 0.3 is 0 Å². The number of benzene rings is 1. The molecule has 0 saturated carbocycles. The Morgan fingerprint density at radius 2 is 1.90 bits per heavy atom. The number of piperazine rings is 1. The van der Waals surface area contributed by atoms with E-state index in [1.807, 2.05) is 17.5 Å². The lowest BCUT2D eigenvalue weighted by Crippen LogP contribution is -2.42. The van der Waals surface area contributed by atoms with E-state index in [0.717, 1.165) is 37.7 Å². The van der Waals surface area contributed by atoms with Crippen LogP contribution in [0.4, 0.5) is 0 Å². The van der Waals surface area contributed by atoms with E-state index in [4.69, 9.17) is 0 Å². The molecule has 1 saturated heterocycles. The van der Waals surface area contributed by atoms with Crippen molar-refractivity contribution in [2.75, 3.05) is 26.2 Å². The fourth-order valence-electron chi connectivity index (χ4n) is 2.61. The number of thiazole rings is 1. The minimum atomic E-state index is 0.582. The van der Waals surface area contributed by atoms with Gasteiger partial charge in [-0.2, -0.15) is 0 Å². The van der Waals surface area contributed by atoms with Crippen LogP contribution in [-0.4, -0.2) is 36.1 Å². The molecule has 1 aromatic carbocycles. The van der Waals surface area contributed by atoms with Gasteiger partial charge < -0.3 is 5.32 Å². The maximum Gasteiger partial charge on any atom is 0.123 e. The summed E-state index contributed by atoms with van der Waals surface area (Å²) in [6.07, 6.45) is 2.04. The molecule has 112 valence electrons. The van der Waals surface area contributed by atoms with Crippen molar-refractivity contribution in [1.82, 2.24) is 15.2 Å². The molecule has 0 bridgehead atoms. The van der Waals surface area contributed by atoms with Crippen LogP contribution >= 0.6 is 11.3 Å². The van der Waals surface area contributed by atoms with E-state index in [1.54, 1.807) is 0 Å². The molecule has 4 heteroatoms. The zero-order chi connectivity index (χ0) is 14.7. The average Bonchev–Trinajstić information content (AvgIpc) is 2.97. The highest BCUT2D eigenvalue weighted by molar-refractivity contribution is 7.15. The molecule has 2 heterocycles. The summed E-state index contributed by atoms with van der Waals surface area (Å²) in [5.41, 5.74) is 2.62. The number of hydrogen-bond acceptors (Lipinski definition) is 4. The summed E-state index contributed by atoms with van der Waals surface area (Å²) in [6, 6.07) is 8.83. The van der Waals surface area contributed by atoms with Crippen LogP contribution in [0.5, 0.6) is 0 Å². The van der Waals surface area contributed by atoms with Gasteiger partial charge in [0.2, 0.25) is 0 Å². The number of nitrogens with zero attached hydrogens (tertiary/aromatic N) is 2. The SMILES string of the molecule is CC(C)c1ccc(-c2ncc(CN3CCNCC3)s2)cc1. The number of hydrogen-bond donors (Lipinski definition) is 1. The minimum absolute atomic E-state index is 0.582. The lowest BCUT2D eigenvalue weighted by molar-refractivity contribution is 0.235. The summed E-state index contributed by atoms with van der Waals surface area (Å²) < 4.78 is 0. The van der Waals surface area contributed by atoms with Crippen molar-refractivity contribution in [1.29, 1.82) is 0 Å². The highest BCUT2D eigenvalue weighted by atomic mass is 32.1. The largest absolute Gasteiger partial charge is 0.314 e. The number of aromatic nitrogens is 1. The van der Waals surface area contributed by atoms with E-state index in [2.05, 4.69) is 53.3 Å². The Labute approximate surface area is 131 Å². The van der Waals surface area contributed by atoms with Gasteiger partial charge in [0.1, 0.15) is 5.01 Å². The first-order valence-electron chi connectivity index (χ1n) is 7.70. The first-order chi connectivity index (χ1) is 10.2. The summed E-state index contributed by atoms with van der Waals surface area (Å²) in [5.74, 6) is 0.582. The van der Waals surface area contributed by atoms with Gasteiger partial charge in [-0.15, -0.1) is 11.3 Å². The van der Waals surface area contributed by atoms with Gasteiger partial charge in [0.25, 0.3) is 0 Å². The zero-order valence-electron chi connectivity index (χ0n) is 12.8. The molecule has 0 amide bonds. The fourth-order valence-corrected chi connectivity index (χ4v) is 3.57. The van der Waals surface area contributed by atoms with Crippen LogP contribution in [0.15, 0.2) is 30.5 Å². The molecule has 0 atom stereocenters. The molecule has 1 N–H and O–H groups in total. The van der Waals surface area contributed by atoms with Crippen molar-refractivity contribution in [3.8, 4) is 10.6 Å². The summed E-state index contributed by atoms with van der Waals surface area (Å²) >= 11 is 1.82. The Kier molecular flexibility index (Phi) is 4.68. The highest BCUT2D eigenvalue weighted by Gasteiger charge is 2.12. The summed E-state index contributed by atoms with van der Waals surface area (Å²) in [4.78, 5) is 8.46. The Morgan fingerprint density at radius 1 is 1.19 bits per heavy atom. The van der Waals surface area contributed by atoms with Gasteiger partial charge in [0.15, 0.2) is 0 Å². The lowest BCUT2D eigenvalue weighted by atomic mass is 10.0. The van der Waals surface area contributed by atoms with Crippen LogP contribution in [0, 0.1) is 0 Å². The topological polar surface area (TPSA) is 28.2 Å². The van der Waals surface area contributed by atoms with Crippen LogP contribution in [0.1, 0.15) is 30.2 Å².